The molecular formula is C9H16N2O5. The Bertz CT molecular complexity index is 240. The number of rotatable bonds is 6. The number of amides is 1. The van der Waals surface area contributed by atoms with Crippen LogP contribution in [0.25, 0.3) is 0 Å². The quantitative estimate of drug-likeness (QED) is 0.502. The molecule has 0 aromatic heterocycles. The molecule has 1 aliphatic rings. The molecule has 0 unspecified atom stereocenters. The molecule has 0 saturated carbocycles. The second-order valence-corrected chi connectivity index (χ2v) is 3.47. The highest BCUT2D eigenvalue weighted by molar-refractivity contribution is 5.76. The summed E-state index contributed by atoms with van der Waals surface area (Å²) >= 11 is 0. The van der Waals surface area contributed by atoms with E-state index in [4.69, 9.17) is 9.84 Å². The standard InChI is InChI=1S/C9H16N2O5/c12-8(11-16-6-9(13)14)5-15-7-1-3-10-4-2-7/h7,10H,1-6H2,(H,11,12)(H,13,14). The number of carbonyl (C=O) groups is 2. The van der Waals surface area contributed by atoms with E-state index in [1.807, 2.05) is 5.48 Å². The van der Waals surface area contributed by atoms with E-state index < -0.39 is 18.5 Å². The zero-order valence-corrected chi connectivity index (χ0v) is 8.90. The summed E-state index contributed by atoms with van der Waals surface area (Å²) in [6, 6.07) is 0. The van der Waals surface area contributed by atoms with Crippen molar-refractivity contribution in [3.63, 3.8) is 0 Å². The fraction of sp³-hybridized carbons (Fsp3) is 0.778. The number of hydrogen-bond donors (Lipinski definition) is 3. The van der Waals surface area contributed by atoms with E-state index >= 15 is 0 Å². The van der Waals surface area contributed by atoms with Gasteiger partial charge in [-0.25, -0.2) is 10.3 Å². The molecule has 0 spiro atoms. The predicted molar refractivity (Wildman–Crippen MR) is 53.6 cm³/mol. The van der Waals surface area contributed by atoms with Gasteiger partial charge in [-0.3, -0.25) is 9.63 Å². The molecule has 16 heavy (non-hydrogen) atoms. The van der Waals surface area contributed by atoms with Crippen molar-refractivity contribution in [1.29, 1.82) is 0 Å². The highest BCUT2D eigenvalue weighted by Gasteiger charge is 2.14. The van der Waals surface area contributed by atoms with Crippen LogP contribution in [0.4, 0.5) is 0 Å². The van der Waals surface area contributed by atoms with Gasteiger partial charge in [0, 0.05) is 0 Å². The normalized spacial score (nSPS) is 17.0. The molecule has 0 bridgehead atoms. The van der Waals surface area contributed by atoms with E-state index in [0.29, 0.717) is 0 Å². The van der Waals surface area contributed by atoms with E-state index in [0.717, 1.165) is 25.9 Å². The maximum Gasteiger partial charge on any atom is 0.332 e. The van der Waals surface area contributed by atoms with Crippen LogP contribution in [0.5, 0.6) is 0 Å². The number of piperidine rings is 1. The average molecular weight is 232 g/mol. The molecule has 0 atom stereocenters. The molecule has 0 aliphatic carbocycles. The molecule has 1 fully saturated rings. The van der Waals surface area contributed by atoms with Gasteiger partial charge in [0.15, 0.2) is 6.61 Å². The minimum atomic E-state index is -1.14. The lowest BCUT2D eigenvalue weighted by atomic mass is 10.1. The summed E-state index contributed by atoms with van der Waals surface area (Å²) in [5, 5.41) is 11.4. The fourth-order valence-corrected chi connectivity index (χ4v) is 1.36. The maximum atomic E-state index is 11.1. The van der Waals surface area contributed by atoms with Gasteiger partial charge in [0.1, 0.15) is 6.61 Å². The Kier molecular flexibility index (Phi) is 5.76. The summed E-state index contributed by atoms with van der Waals surface area (Å²) in [4.78, 5) is 25.6. The molecule has 1 rings (SSSR count). The van der Waals surface area contributed by atoms with Gasteiger partial charge in [-0.05, 0) is 25.9 Å². The number of carboxylic acid groups (broad SMARTS) is 1. The summed E-state index contributed by atoms with van der Waals surface area (Å²) < 4.78 is 5.32. The largest absolute Gasteiger partial charge is 0.479 e. The van der Waals surface area contributed by atoms with Crippen molar-refractivity contribution in [2.24, 2.45) is 0 Å². The molecule has 3 N–H and O–H groups in total. The lowest BCUT2D eigenvalue weighted by molar-refractivity contribution is -0.151. The average Bonchev–Trinajstić information content (AvgIpc) is 2.27. The zero-order chi connectivity index (χ0) is 11.8. The zero-order valence-electron chi connectivity index (χ0n) is 8.90. The van der Waals surface area contributed by atoms with Crippen molar-refractivity contribution in [2.45, 2.75) is 18.9 Å². The van der Waals surface area contributed by atoms with Crippen molar-refractivity contribution in [3.05, 3.63) is 0 Å². The van der Waals surface area contributed by atoms with Crippen LogP contribution in [0.3, 0.4) is 0 Å². The summed E-state index contributed by atoms with van der Waals surface area (Å²) in [6.45, 7) is 1.12. The first-order valence-electron chi connectivity index (χ1n) is 5.13. The monoisotopic (exact) mass is 232 g/mol. The third-order valence-corrected chi connectivity index (χ3v) is 2.12. The Morgan fingerprint density at radius 2 is 2.00 bits per heavy atom. The van der Waals surface area contributed by atoms with Crippen LogP contribution in [-0.2, 0) is 19.2 Å². The Balaban J connectivity index is 2.02. The Morgan fingerprint density at radius 1 is 1.31 bits per heavy atom. The van der Waals surface area contributed by atoms with Crippen LogP contribution in [0.1, 0.15) is 12.8 Å². The van der Waals surface area contributed by atoms with Gasteiger partial charge in [-0.1, -0.05) is 0 Å². The van der Waals surface area contributed by atoms with Crippen molar-refractivity contribution >= 4 is 11.9 Å². The Hall–Kier alpha value is -1.18. The predicted octanol–water partition coefficient (Wildman–Crippen LogP) is -1.11. The van der Waals surface area contributed by atoms with Gasteiger partial charge >= 0.3 is 5.97 Å². The lowest BCUT2D eigenvalue weighted by Crippen LogP contribution is -2.36. The van der Waals surface area contributed by atoms with E-state index in [9.17, 15) is 9.59 Å². The van der Waals surface area contributed by atoms with Crippen molar-refractivity contribution in [3.8, 4) is 0 Å². The first-order chi connectivity index (χ1) is 7.68. The van der Waals surface area contributed by atoms with Crippen LogP contribution in [0, 0.1) is 0 Å². The molecule has 1 heterocycles. The molecule has 92 valence electrons. The summed E-state index contributed by atoms with van der Waals surface area (Å²) in [5.41, 5.74) is 1.99. The van der Waals surface area contributed by atoms with Crippen LogP contribution < -0.4 is 10.8 Å². The maximum absolute atomic E-state index is 11.1. The second kappa shape index (κ2) is 7.15. The Labute approximate surface area is 93.1 Å². The molecule has 7 nitrogen and oxygen atoms in total. The van der Waals surface area contributed by atoms with Crippen LogP contribution in [-0.4, -0.2) is 49.4 Å². The molecule has 0 radical (unpaired) electrons. The van der Waals surface area contributed by atoms with E-state index in [2.05, 4.69) is 10.2 Å². The van der Waals surface area contributed by atoms with Crippen LogP contribution in [0.2, 0.25) is 0 Å². The minimum Gasteiger partial charge on any atom is -0.479 e. The molecule has 0 aromatic rings. The van der Waals surface area contributed by atoms with Crippen molar-refractivity contribution in [1.82, 2.24) is 10.8 Å². The first kappa shape index (κ1) is 12.9. The van der Waals surface area contributed by atoms with Gasteiger partial charge in [0.2, 0.25) is 0 Å². The number of hydroxylamine groups is 1. The topological polar surface area (TPSA) is 96.9 Å². The summed E-state index contributed by atoms with van der Waals surface area (Å²) in [7, 11) is 0. The fourth-order valence-electron chi connectivity index (χ4n) is 1.36. The van der Waals surface area contributed by atoms with Gasteiger partial charge in [-0.2, -0.15) is 0 Å². The second-order valence-electron chi connectivity index (χ2n) is 3.47. The van der Waals surface area contributed by atoms with Crippen LogP contribution in [0.15, 0.2) is 0 Å². The number of ether oxygens (including phenoxy) is 1. The number of carboxylic acids is 1. The van der Waals surface area contributed by atoms with E-state index in [1.165, 1.54) is 0 Å². The highest BCUT2D eigenvalue weighted by Crippen LogP contribution is 2.06. The van der Waals surface area contributed by atoms with E-state index in [-0.39, 0.29) is 12.7 Å². The van der Waals surface area contributed by atoms with Gasteiger partial charge in [0.25, 0.3) is 5.91 Å². The van der Waals surface area contributed by atoms with E-state index in [1.54, 1.807) is 0 Å². The molecule has 0 aromatic carbocycles. The molecule has 7 heteroatoms. The third kappa shape index (κ3) is 5.64. The SMILES string of the molecule is O=C(O)CONC(=O)COC1CCNCC1. The minimum absolute atomic E-state index is 0.0893. The number of nitrogens with one attached hydrogen (secondary N) is 2. The summed E-state index contributed by atoms with van der Waals surface area (Å²) in [6.07, 6.45) is 1.85. The molecular weight excluding hydrogens is 216 g/mol. The molecule has 1 saturated heterocycles. The summed E-state index contributed by atoms with van der Waals surface area (Å²) in [5.74, 6) is -1.61. The number of aliphatic carboxylic acids is 1. The Morgan fingerprint density at radius 3 is 2.62 bits per heavy atom. The first-order valence-corrected chi connectivity index (χ1v) is 5.13. The molecule has 1 aliphatic heterocycles. The van der Waals surface area contributed by atoms with Crippen LogP contribution >= 0.6 is 0 Å². The van der Waals surface area contributed by atoms with Crippen molar-refractivity contribution < 1.29 is 24.3 Å². The van der Waals surface area contributed by atoms with Crippen molar-refractivity contribution in [2.75, 3.05) is 26.3 Å². The lowest BCUT2D eigenvalue weighted by Gasteiger charge is -2.22. The van der Waals surface area contributed by atoms with Gasteiger partial charge in [-0.15, -0.1) is 0 Å². The molecule has 1 amide bonds. The van der Waals surface area contributed by atoms with Gasteiger partial charge in [0.05, 0.1) is 6.10 Å². The smallest absolute Gasteiger partial charge is 0.332 e. The highest BCUT2D eigenvalue weighted by atomic mass is 16.7. The number of carbonyl (C=O) groups excluding carboxylic acids is 1. The van der Waals surface area contributed by atoms with Gasteiger partial charge < -0.3 is 15.2 Å². The number of hydrogen-bond acceptors (Lipinski definition) is 5. The third-order valence-electron chi connectivity index (χ3n) is 2.12.